The van der Waals surface area contributed by atoms with Crippen LogP contribution in [-0.4, -0.2) is 27.1 Å². The normalized spacial score (nSPS) is 14.9. The van der Waals surface area contributed by atoms with E-state index in [9.17, 15) is 10.2 Å². The van der Waals surface area contributed by atoms with E-state index in [2.05, 4.69) is 17.6 Å². The lowest BCUT2D eigenvalue weighted by molar-refractivity contribution is 0.0346. The molecule has 2 atom stereocenters. The number of thiol groups is 1. The highest BCUT2D eigenvalue weighted by atomic mass is 32.1. The van der Waals surface area contributed by atoms with Crippen LogP contribution in [0.25, 0.3) is 10.9 Å². The molecule has 0 bridgehead atoms. The highest BCUT2D eigenvalue weighted by molar-refractivity contribution is 7.80. The zero-order valence-electron chi connectivity index (χ0n) is 8.61. The number of pyridine rings is 1. The van der Waals surface area contributed by atoms with Gasteiger partial charge in [0.2, 0.25) is 0 Å². The molecule has 2 unspecified atom stereocenters. The molecule has 0 aliphatic carbocycles. The smallest absolute Gasteiger partial charge is 0.106 e. The first kappa shape index (κ1) is 11.4. The van der Waals surface area contributed by atoms with Gasteiger partial charge in [0, 0.05) is 17.3 Å². The van der Waals surface area contributed by atoms with Crippen molar-refractivity contribution < 1.29 is 10.2 Å². The maximum atomic E-state index is 9.96. The number of rotatable bonds is 3. The first-order valence-electron chi connectivity index (χ1n) is 5.04. The lowest BCUT2D eigenvalue weighted by atomic mass is 10.0. The summed E-state index contributed by atoms with van der Waals surface area (Å²) in [5.41, 5.74) is 1.50. The molecule has 0 radical (unpaired) electrons. The Morgan fingerprint density at radius 1 is 1.19 bits per heavy atom. The van der Waals surface area contributed by atoms with Crippen molar-refractivity contribution in [2.45, 2.75) is 12.2 Å². The number of aliphatic hydroxyl groups excluding tert-OH is 2. The van der Waals surface area contributed by atoms with Crippen LogP contribution in [0.3, 0.4) is 0 Å². The third kappa shape index (κ3) is 2.04. The van der Waals surface area contributed by atoms with Gasteiger partial charge >= 0.3 is 0 Å². The van der Waals surface area contributed by atoms with E-state index in [0.29, 0.717) is 5.56 Å². The fourth-order valence-corrected chi connectivity index (χ4v) is 1.88. The summed E-state index contributed by atoms with van der Waals surface area (Å²) in [4.78, 5) is 4.20. The Balaban J connectivity index is 2.52. The summed E-state index contributed by atoms with van der Waals surface area (Å²) in [6, 6.07) is 9.25. The number of para-hydroxylation sites is 1. The monoisotopic (exact) mass is 235 g/mol. The van der Waals surface area contributed by atoms with Crippen molar-refractivity contribution in [3.05, 3.63) is 42.1 Å². The number of aliphatic hydroxyl groups is 2. The largest absolute Gasteiger partial charge is 0.389 e. The molecule has 0 amide bonds. The van der Waals surface area contributed by atoms with Crippen molar-refractivity contribution in [3.8, 4) is 0 Å². The number of hydrogen-bond acceptors (Lipinski definition) is 4. The van der Waals surface area contributed by atoms with Gasteiger partial charge in [0.15, 0.2) is 0 Å². The van der Waals surface area contributed by atoms with E-state index in [0.717, 1.165) is 10.9 Å². The molecular weight excluding hydrogens is 222 g/mol. The van der Waals surface area contributed by atoms with E-state index in [-0.39, 0.29) is 5.75 Å². The van der Waals surface area contributed by atoms with Gasteiger partial charge in [0.05, 0.1) is 11.6 Å². The first-order valence-corrected chi connectivity index (χ1v) is 5.68. The molecule has 2 N–H and O–H groups in total. The number of nitrogens with zero attached hydrogens (tertiary/aromatic N) is 1. The van der Waals surface area contributed by atoms with Crippen LogP contribution in [0.4, 0.5) is 0 Å². The van der Waals surface area contributed by atoms with Gasteiger partial charge in [-0.15, -0.1) is 0 Å². The van der Waals surface area contributed by atoms with Gasteiger partial charge in [-0.2, -0.15) is 12.6 Å². The van der Waals surface area contributed by atoms with Crippen molar-refractivity contribution in [3.63, 3.8) is 0 Å². The van der Waals surface area contributed by atoms with Gasteiger partial charge in [-0.1, -0.05) is 18.2 Å². The van der Waals surface area contributed by atoms with Crippen molar-refractivity contribution in [2.24, 2.45) is 0 Å². The minimum absolute atomic E-state index is 0.220. The number of hydrogen-bond donors (Lipinski definition) is 3. The van der Waals surface area contributed by atoms with E-state index < -0.39 is 12.2 Å². The SMILES string of the molecule is OC(CS)C(O)c1ccnc2ccccc12. The summed E-state index contributed by atoms with van der Waals surface area (Å²) in [7, 11) is 0. The van der Waals surface area contributed by atoms with E-state index >= 15 is 0 Å². The molecule has 4 heteroatoms. The molecule has 84 valence electrons. The van der Waals surface area contributed by atoms with Crippen molar-refractivity contribution >= 4 is 23.5 Å². The molecule has 0 aliphatic rings. The van der Waals surface area contributed by atoms with Crippen LogP contribution in [0.2, 0.25) is 0 Å². The Morgan fingerprint density at radius 2 is 1.94 bits per heavy atom. The summed E-state index contributed by atoms with van der Waals surface area (Å²) >= 11 is 3.97. The summed E-state index contributed by atoms with van der Waals surface area (Å²) in [6.07, 6.45) is -0.161. The maximum Gasteiger partial charge on any atom is 0.106 e. The second-order valence-corrected chi connectivity index (χ2v) is 3.98. The van der Waals surface area contributed by atoms with Crippen LogP contribution in [0, 0.1) is 0 Å². The molecule has 3 nitrogen and oxygen atoms in total. The van der Waals surface area contributed by atoms with Gasteiger partial charge in [-0.05, 0) is 17.7 Å². The molecule has 0 spiro atoms. The summed E-state index contributed by atoms with van der Waals surface area (Å²) in [5.74, 6) is 0.220. The zero-order chi connectivity index (χ0) is 11.5. The van der Waals surface area contributed by atoms with E-state index in [1.54, 1.807) is 12.3 Å². The Kier molecular flexibility index (Phi) is 3.43. The topological polar surface area (TPSA) is 53.4 Å². The Morgan fingerprint density at radius 3 is 2.69 bits per heavy atom. The minimum atomic E-state index is -0.926. The predicted molar refractivity (Wildman–Crippen MR) is 66.6 cm³/mol. The van der Waals surface area contributed by atoms with Crippen LogP contribution in [0.5, 0.6) is 0 Å². The average molecular weight is 235 g/mol. The average Bonchev–Trinajstić information content (AvgIpc) is 2.36. The van der Waals surface area contributed by atoms with Crippen LogP contribution in [0.15, 0.2) is 36.5 Å². The number of benzene rings is 1. The molecular formula is C12H13NO2S. The van der Waals surface area contributed by atoms with Gasteiger partial charge in [-0.25, -0.2) is 0 Å². The van der Waals surface area contributed by atoms with Crippen LogP contribution in [0.1, 0.15) is 11.7 Å². The maximum absolute atomic E-state index is 9.96. The second-order valence-electron chi connectivity index (χ2n) is 3.61. The number of fused-ring (bicyclic) bond motifs is 1. The first-order chi connectivity index (χ1) is 7.74. The molecule has 1 aromatic heterocycles. The molecule has 16 heavy (non-hydrogen) atoms. The predicted octanol–water partition coefficient (Wildman–Crippen LogP) is 1.56. The molecule has 2 aromatic rings. The zero-order valence-corrected chi connectivity index (χ0v) is 9.51. The number of aromatic nitrogens is 1. The molecule has 0 fully saturated rings. The van der Waals surface area contributed by atoms with Gasteiger partial charge in [0.1, 0.15) is 6.10 Å². The third-order valence-electron chi connectivity index (χ3n) is 2.55. The molecule has 0 saturated heterocycles. The molecule has 1 aromatic carbocycles. The fourth-order valence-electron chi connectivity index (χ4n) is 1.68. The Bertz CT molecular complexity index is 484. The Hall–Kier alpha value is -1.10. The second kappa shape index (κ2) is 4.82. The van der Waals surface area contributed by atoms with Crippen LogP contribution >= 0.6 is 12.6 Å². The standard InChI is InChI=1S/C12H13NO2S/c14-11(7-16)12(15)9-5-6-13-10-4-2-1-3-8(9)10/h1-6,11-12,14-16H,7H2. The van der Waals surface area contributed by atoms with E-state index in [1.807, 2.05) is 24.3 Å². The lowest BCUT2D eigenvalue weighted by Gasteiger charge is -2.17. The van der Waals surface area contributed by atoms with Gasteiger partial charge in [0.25, 0.3) is 0 Å². The highest BCUT2D eigenvalue weighted by Crippen LogP contribution is 2.25. The van der Waals surface area contributed by atoms with Gasteiger partial charge < -0.3 is 10.2 Å². The van der Waals surface area contributed by atoms with E-state index in [4.69, 9.17) is 0 Å². The van der Waals surface area contributed by atoms with Crippen molar-refractivity contribution in [1.82, 2.24) is 4.98 Å². The summed E-state index contributed by atoms with van der Waals surface area (Å²) < 4.78 is 0. The van der Waals surface area contributed by atoms with Crippen LogP contribution in [-0.2, 0) is 0 Å². The summed E-state index contributed by atoms with van der Waals surface area (Å²) in [6.45, 7) is 0. The third-order valence-corrected chi connectivity index (χ3v) is 2.93. The lowest BCUT2D eigenvalue weighted by Crippen LogP contribution is -2.20. The summed E-state index contributed by atoms with van der Waals surface area (Å²) in [5, 5.41) is 20.4. The van der Waals surface area contributed by atoms with Crippen LogP contribution < -0.4 is 0 Å². The fraction of sp³-hybridized carbons (Fsp3) is 0.250. The van der Waals surface area contributed by atoms with E-state index in [1.165, 1.54) is 0 Å². The Labute approximate surface area is 99.2 Å². The van der Waals surface area contributed by atoms with Crippen molar-refractivity contribution in [1.29, 1.82) is 0 Å². The molecule has 1 heterocycles. The highest BCUT2D eigenvalue weighted by Gasteiger charge is 2.18. The molecule has 2 rings (SSSR count). The quantitative estimate of drug-likeness (QED) is 0.708. The molecule has 0 saturated carbocycles. The van der Waals surface area contributed by atoms with Crippen molar-refractivity contribution in [2.75, 3.05) is 5.75 Å². The molecule has 0 aliphatic heterocycles. The van der Waals surface area contributed by atoms with Gasteiger partial charge in [-0.3, -0.25) is 4.98 Å². The minimum Gasteiger partial charge on any atom is -0.389 e.